The van der Waals surface area contributed by atoms with E-state index in [1.165, 1.54) is 5.56 Å². The highest BCUT2D eigenvalue weighted by molar-refractivity contribution is 5.89. The molecule has 11 heteroatoms. The van der Waals surface area contributed by atoms with E-state index in [-0.39, 0.29) is 17.5 Å². The van der Waals surface area contributed by atoms with Crippen LogP contribution in [-0.2, 0) is 10.2 Å². The largest absolute Gasteiger partial charge is 0.493 e. The zero-order valence-corrected chi connectivity index (χ0v) is 24.3. The number of aliphatic carboxylic acids is 1. The number of carboxylic acid groups (broad SMARTS) is 1. The van der Waals surface area contributed by atoms with Crippen LogP contribution in [0.1, 0.15) is 31.2 Å². The maximum Gasteiger partial charge on any atom is 0.490 e. The number of carboxylic acids is 1. The van der Waals surface area contributed by atoms with Gasteiger partial charge in [0.25, 0.3) is 0 Å². The van der Waals surface area contributed by atoms with Gasteiger partial charge in [-0.2, -0.15) is 13.2 Å². The Labute approximate surface area is 248 Å². The first kappa shape index (κ1) is 31.7. The van der Waals surface area contributed by atoms with Crippen LogP contribution < -0.4 is 20.1 Å². The molecular weight excluding hydrogens is 563 g/mol. The van der Waals surface area contributed by atoms with Crippen molar-refractivity contribution in [2.24, 2.45) is 0 Å². The molecule has 1 saturated heterocycles. The highest BCUT2D eigenvalue weighted by Crippen LogP contribution is 2.49. The normalized spacial score (nSPS) is 21.5. The van der Waals surface area contributed by atoms with Gasteiger partial charge in [-0.25, -0.2) is 9.59 Å². The van der Waals surface area contributed by atoms with Crippen LogP contribution in [0.5, 0.6) is 11.5 Å². The van der Waals surface area contributed by atoms with Crippen molar-refractivity contribution in [3.63, 3.8) is 0 Å². The molecule has 1 aliphatic carbocycles. The Balaban J connectivity index is 0.000000541. The third-order valence-electron chi connectivity index (χ3n) is 8.31. The van der Waals surface area contributed by atoms with Gasteiger partial charge in [0.15, 0.2) is 11.5 Å². The molecule has 0 aromatic heterocycles. The number of anilines is 1. The number of carbonyl (C=O) groups excluding carboxylic acids is 1. The summed E-state index contributed by atoms with van der Waals surface area (Å²) in [7, 11) is 5.55. The van der Waals surface area contributed by atoms with E-state index in [1.54, 1.807) is 14.2 Å². The molecule has 0 spiro atoms. The Morgan fingerprint density at radius 3 is 2.16 bits per heavy atom. The molecule has 5 rings (SSSR count). The molecular formula is C32H36F3N3O5. The number of nitrogens with one attached hydrogen (secondary N) is 2. The van der Waals surface area contributed by atoms with Gasteiger partial charge >= 0.3 is 18.2 Å². The van der Waals surface area contributed by atoms with Gasteiger partial charge in [-0.1, -0.05) is 48.5 Å². The number of urea groups is 1. The molecule has 0 unspecified atom stereocenters. The number of ether oxygens (including phenoxy) is 2. The number of benzene rings is 3. The number of rotatable bonds is 6. The minimum Gasteiger partial charge on any atom is -0.493 e. The second-order valence-corrected chi connectivity index (χ2v) is 10.8. The molecule has 1 heterocycles. The van der Waals surface area contributed by atoms with Crippen molar-refractivity contribution < 1.29 is 37.3 Å². The number of likely N-dealkylation sites (tertiary alicyclic amines) is 1. The van der Waals surface area contributed by atoms with Gasteiger partial charge < -0.3 is 30.1 Å². The van der Waals surface area contributed by atoms with Crippen LogP contribution in [0.25, 0.3) is 11.1 Å². The Hall–Kier alpha value is -4.25. The number of carbonyl (C=O) groups is 2. The maximum absolute atomic E-state index is 12.8. The van der Waals surface area contributed by atoms with E-state index in [0.717, 1.165) is 60.5 Å². The quantitative estimate of drug-likeness (QED) is 0.307. The summed E-state index contributed by atoms with van der Waals surface area (Å²) >= 11 is 0. The summed E-state index contributed by atoms with van der Waals surface area (Å²) in [4.78, 5) is 24.2. The lowest BCUT2D eigenvalue weighted by molar-refractivity contribution is -0.192. The smallest absolute Gasteiger partial charge is 0.490 e. The number of amides is 2. The third-order valence-corrected chi connectivity index (χ3v) is 8.31. The molecule has 2 fully saturated rings. The topological polar surface area (TPSA) is 100 Å². The van der Waals surface area contributed by atoms with Crippen LogP contribution in [-0.4, -0.2) is 68.1 Å². The van der Waals surface area contributed by atoms with Gasteiger partial charge in [0.05, 0.1) is 14.2 Å². The predicted octanol–water partition coefficient (Wildman–Crippen LogP) is 6.32. The number of nitrogens with zero attached hydrogens (tertiary/aromatic N) is 1. The number of likely N-dealkylation sites (N-methyl/N-ethyl adjacent to an activating group) is 1. The minimum atomic E-state index is -5.08. The van der Waals surface area contributed by atoms with Crippen molar-refractivity contribution in [2.45, 2.75) is 49.4 Å². The van der Waals surface area contributed by atoms with Crippen molar-refractivity contribution in [2.75, 3.05) is 33.1 Å². The summed E-state index contributed by atoms with van der Waals surface area (Å²) < 4.78 is 42.8. The SMILES string of the molecule is COc1ccc([C@@]23CC[C@@H](NC(=O)Nc4ccc(-c5ccccc5)cc4)C[C@@H]2N(C)CC3)cc1OC.O=C(O)C(F)(F)F. The number of fused-ring (bicyclic) bond motifs is 1. The Kier molecular flexibility index (Phi) is 9.85. The summed E-state index contributed by atoms with van der Waals surface area (Å²) in [5.74, 6) is -1.23. The summed E-state index contributed by atoms with van der Waals surface area (Å²) in [6, 6.07) is 24.9. The summed E-state index contributed by atoms with van der Waals surface area (Å²) in [5.41, 5.74) is 4.45. The number of alkyl halides is 3. The van der Waals surface area contributed by atoms with E-state index in [1.807, 2.05) is 48.5 Å². The van der Waals surface area contributed by atoms with Crippen molar-refractivity contribution in [1.82, 2.24) is 10.2 Å². The summed E-state index contributed by atoms with van der Waals surface area (Å²) in [6.45, 7) is 1.05. The molecule has 0 bridgehead atoms. The van der Waals surface area contributed by atoms with Crippen molar-refractivity contribution in [3.8, 4) is 22.6 Å². The van der Waals surface area contributed by atoms with Crippen molar-refractivity contribution in [3.05, 3.63) is 78.4 Å². The molecule has 0 radical (unpaired) electrons. The van der Waals surface area contributed by atoms with E-state index in [2.05, 4.69) is 46.8 Å². The first-order chi connectivity index (χ1) is 20.5. The maximum atomic E-state index is 12.8. The minimum absolute atomic E-state index is 0.0657. The molecule has 43 heavy (non-hydrogen) atoms. The monoisotopic (exact) mass is 599 g/mol. The lowest BCUT2D eigenvalue weighted by atomic mass is 9.65. The molecule has 2 amide bonds. The van der Waals surface area contributed by atoms with Gasteiger partial charge in [-0.3, -0.25) is 0 Å². The molecule has 3 N–H and O–H groups in total. The van der Waals surface area contributed by atoms with Crippen LogP contribution in [0.4, 0.5) is 23.7 Å². The Morgan fingerprint density at radius 2 is 1.56 bits per heavy atom. The standard InChI is InChI=1S/C30H35N3O3.C2HF3O2/c1-33-18-17-30(23-11-14-26(35-2)27(19-23)36-3)16-15-25(20-28(30)33)32-29(34)31-24-12-9-22(10-13-24)21-7-5-4-6-8-21;3-2(4,5)1(6)7/h4-14,19,25,28H,15-18,20H2,1-3H3,(H2,31,32,34);(H,6,7)/t25-,28+,30+;/m1./s1. The van der Waals surface area contributed by atoms with Crippen LogP contribution in [0.15, 0.2) is 72.8 Å². The van der Waals surface area contributed by atoms with Gasteiger partial charge in [-0.05, 0) is 80.2 Å². The summed E-state index contributed by atoms with van der Waals surface area (Å²) in [6.07, 6.45) is -1.09. The molecule has 2 aliphatic rings. The number of hydrogen-bond donors (Lipinski definition) is 3. The molecule has 1 saturated carbocycles. The average Bonchev–Trinajstić information content (AvgIpc) is 3.34. The molecule has 3 aromatic rings. The lowest BCUT2D eigenvalue weighted by Gasteiger charge is -2.45. The molecule has 1 aliphatic heterocycles. The Bertz CT molecular complexity index is 1400. The molecule has 230 valence electrons. The highest BCUT2D eigenvalue weighted by Gasteiger charge is 2.50. The first-order valence-corrected chi connectivity index (χ1v) is 13.9. The number of hydrogen-bond acceptors (Lipinski definition) is 5. The van der Waals surface area contributed by atoms with Crippen LogP contribution in [0, 0.1) is 0 Å². The highest BCUT2D eigenvalue weighted by atomic mass is 19.4. The van der Waals surface area contributed by atoms with Crippen molar-refractivity contribution in [1.29, 1.82) is 0 Å². The van der Waals surface area contributed by atoms with E-state index in [9.17, 15) is 18.0 Å². The fourth-order valence-electron chi connectivity index (χ4n) is 6.12. The van der Waals surface area contributed by atoms with Crippen molar-refractivity contribution >= 4 is 17.7 Å². The van der Waals surface area contributed by atoms with E-state index < -0.39 is 12.1 Å². The van der Waals surface area contributed by atoms with Crippen LogP contribution in [0.3, 0.4) is 0 Å². The van der Waals surface area contributed by atoms with Crippen LogP contribution >= 0.6 is 0 Å². The Morgan fingerprint density at radius 1 is 0.930 bits per heavy atom. The second kappa shape index (κ2) is 13.4. The molecule has 8 nitrogen and oxygen atoms in total. The number of methoxy groups -OCH3 is 2. The number of halogens is 3. The average molecular weight is 600 g/mol. The van der Waals surface area contributed by atoms with Gasteiger partial charge in [0.2, 0.25) is 0 Å². The molecule has 3 atom stereocenters. The third kappa shape index (κ3) is 7.40. The van der Waals surface area contributed by atoms with E-state index in [4.69, 9.17) is 19.4 Å². The zero-order chi connectivity index (χ0) is 31.2. The van der Waals surface area contributed by atoms with E-state index in [0.29, 0.717) is 6.04 Å². The zero-order valence-electron chi connectivity index (χ0n) is 24.3. The first-order valence-electron chi connectivity index (χ1n) is 13.9. The van der Waals surface area contributed by atoms with Crippen LogP contribution in [0.2, 0.25) is 0 Å². The summed E-state index contributed by atoms with van der Waals surface area (Å²) in [5, 5.41) is 13.4. The second-order valence-electron chi connectivity index (χ2n) is 10.8. The molecule has 3 aromatic carbocycles. The van der Waals surface area contributed by atoms with Gasteiger partial charge in [0.1, 0.15) is 0 Å². The van der Waals surface area contributed by atoms with Gasteiger partial charge in [0, 0.05) is 23.2 Å². The van der Waals surface area contributed by atoms with Gasteiger partial charge in [-0.15, -0.1) is 0 Å². The predicted molar refractivity (Wildman–Crippen MR) is 158 cm³/mol. The lowest BCUT2D eigenvalue weighted by Crippen LogP contribution is -2.52. The van der Waals surface area contributed by atoms with E-state index >= 15 is 0 Å². The fraction of sp³-hybridized carbons (Fsp3) is 0.375. The fourth-order valence-corrected chi connectivity index (χ4v) is 6.12.